The molecule has 4 rings (SSSR count). The Morgan fingerprint density at radius 3 is 2.67 bits per heavy atom. The van der Waals surface area contributed by atoms with Crippen molar-refractivity contribution in [3.05, 3.63) is 41.1 Å². The standard InChI is InChI=1S/C25H29N3O5/c1-2-3-12-33-24-23-19-14-26-10-8-18(19)25(32)28(20(23)9-11-27-24)15-21(29)17-6-4-16(5-7-17)13-22(30)31/h8-11,14,16-17H,2-7,12-13,15H2,1H3,(H,30,31). The van der Waals surface area contributed by atoms with Gasteiger partial charge in [-0.2, -0.15) is 0 Å². The summed E-state index contributed by atoms with van der Waals surface area (Å²) >= 11 is 0. The quantitative estimate of drug-likeness (QED) is 0.387. The summed E-state index contributed by atoms with van der Waals surface area (Å²) < 4.78 is 7.47. The second-order valence-corrected chi connectivity index (χ2v) is 8.81. The number of ketones is 1. The van der Waals surface area contributed by atoms with E-state index in [2.05, 4.69) is 16.9 Å². The number of ether oxygens (including phenoxy) is 1. The minimum Gasteiger partial charge on any atom is -0.481 e. The Labute approximate surface area is 191 Å². The van der Waals surface area contributed by atoms with Gasteiger partial charge in [0.1, 0.15) is 0 Å². The summed E-state index contributed by atoms with van der Waals surface area (Å²) in [7, 11) is 0. The molecule has 0 aromatic carbocycles. The molecule has 0 radical (unpaired) electrons. The Balaban J connectivity index is 1.68. The Morgan fingerprint density at radius 1 is 1.15 bits per heavy atom. The topological polar surface area (TPSA) is 111 Å². The van der Waals surface area contributed by atoms with Gasteiger partial charge in [-0.3, -0.25) is 19.4 Å². The highest BCUT2D eigenvalue weighted by molar-refractivity contribution is 6.08. The Bertz CT molecular complexity index is 1230. The average Bonchev–Trinajstić information content (AvgIpc) is 2.82. The van der Waals surface area contributed by atoms with E-state index in [1.54, 1.807) is 30.7 Å². The van der Waals surface area contributed by atoms with Gasteiger partial charge in [-0.25, -0.2) is 4.98 Å². The number of fused-ring (bicyclic) bond motifs is 3. The van der Waals surface area contributed by atoms with Crippen molar-refractivity contribution in [1.29, 1.82) is 0 Å². The molecule has 0 saturated heterocycles. The van der Waals surface area contributed by atoms with Crippen LogP contribution in [-0.2, 0) is 16.1 Å². The van der Waals surface area contributed by atoms with Gasteiger partial charge in [0.15, 0.2) is 5.78 Å². The van der Waals surface area contributed by atoms with Gasteiger partial charge >= 0.3 is 5.97 Å². The molecule has 1 aliphatic rings. The van der Waals surface area contributed by atoms with E-state index in [-0.39, 0.29) is 36.1 Å². The third-order valence-corrected chi connectivity index (χ3v) is 6.57. The van der Waals surface area contributed by atoms with Crippen molar-refractivity contribution in [2.75, 3.05) is 6.61 Å². The van der Waals surface area contributed by atoms with Gasteiger partial charge in [0.05, 0.1) is 29.4 Å². The summed E-state index contributed by atoms with van der Waals surface area (Å²) in [6.45, 7) is 2.57. The molecular weight excluding hydrogens is 422 g/mol. The third-order valence-electron chi connectivity index (χ3n) is 6.57. The molecule has 0 aliphatic heterocycles. The number of Topliss-reactive ketones (excluding diaryl/α,β-unsaturated/α-hetero) is 1. The number of hydrogen-bond acceptors (Lipinski definition) is 6. The van der Waals surface area contributed by atoms with E-state index in [1.165, 1.54) is 4.57 Å². The number of carbonyl (C=O) groups is 2. The first-order chi connectivity index (χ1) is 16.0. The van der Waals surface area contributed by atoms with E-state index in [0.29, 0.717) is 47.0 Å². The lowest BCUT2D eigenvalue weighted by molar-refractivity contribution is -0.138. The van der Waals surface area contributed by atoms with Crippen LogP contribution in [0.15, 0.2) is 35.5 Å². The van der Waals surface area contributed by atoms with Crippen molar-refractivity contribution in [2.24, 2.45) is 11.8 Å². The number of aromatic nitrogens is 3. The number of carboxylic acids is 1. The number of rotatable bonds is 9. The molecule has 33 heavy (non-hydrogen) atoms. The van der Waals surface area contributed by atoms with Crippen molar-refractivity contribution in [2.45, 2.75) is 58.4 Å². The second-order valence-electron chi connectivity index (χ2n) is 8.81. The van der Waals surface area contributed by atoms with Gasteiger partial charge in [-0.1, -0.05) is 13.3 Å². The van der Waals surface area contributed by atoms with Crippen LogP contribution < -0.4 is 10.3 Å². The molecule has 0 unspecified atom stereocenters. The van der Waals surface area contributed by atoms with Crippen molar-refractivity contribution >= 4 is 33.4 Å². The number of carboxylic acid groups (broad SMARTS) is 1. The first-order valence-corrected chi connectivity index (χ1v) is 11.6. The van der Waals surface area contributed by atoms with Crippen LogP contribution in [0.25, 0.3) is 21.7 Å². The van der Waals surface area contributed by atoms with E-state index in [4.69, 9.17) is 9.84 Å². The zero-order chi connectivity index (χ0) is 23.4. The fourth-order valence-electron chi connectivity index (χ4n) is 4.75. The molecule has 1 fully saturated rings. The molecule has 174 valence electrons. The van der Waals surface area contributed by atoms with E-state index >= 15 is 0 Å². The van der Waals surface area contributed by atoms with Gasteiger partial charge in [-0.15, -0.1) is 0 Å². The van der Waals surface area contributed by atoms with Gasteiger partial charge in [0.25, 0.3) is 5.56 Å². The molecule has 3 aromatic rings. The van der Waals surface area contributed by atoms with Crippen LogP contribution in [0.4, 0.5) is 0 Å². The summed E-state index contributed by atoms with van der Waals surface area (Å²) in [4.78, 5) is 46.1. The fourth-order valence-corrected chi connectivity index (χ4v) is 4.75. The van der Waals surface area contributed by atoms with Crippen molar-refractivity contribution in [3.63, 3.8) is 0 Å². The van der Waals surface area contributed by atoms with Crippen LogP contribution >= 0.6 is 0 Å². The molecule has 0 atom stereocenters. The summed E-state index contributed by atoms with van der Waals surface area (Å²) in [5, 5.41) is 10.8. The van der Waals surface area contributed by atoms with Gasteiger partial charge in [0.2, 0.25) is 5.88 Å². The number of unbranched alkanes of at least 4 members (excludes halogenated alkanes) is 1. The first kappa shape index (κ1) is 22.9. The van der Waals surface area contributed by atoms with Crippen LogP contribution in [-0.4, -0.2) is 38.0 Å². The van der Waals surface area contributed by atoms with Crippen molar-refractivity contribution in [1.82, 2.24) is 14.5 Å². The number of nitrogens with zero attached hydrogens (tertiary/aromatic N) is 3. The molecule has 3 heterocycles. The predicted molar refractivity (Wildman–Crippen MR) is 124 cm³/mol. The minimum atomic E-state index is -0.793. The highest BCUT2D eigenvalue weighted by Crippen LogP contribution is 2.33. The SMILES string of the molecule is CCCCOc1nccc2c1c1cnccc1c(=O)n2CC(=O)C1CCC(CC(=O)O)CC1. The largest absolute Gasteiger partial charge is 0.481 e. The Morgan fingerprint density at radius 2 is 1.94 bits per heavy atom. The average molecular weight is 452 g/mol. The molecule has 8 heteroatoms. The number of pyridine rings is 3. The molecule has 3 aromatic heterocycles. The summed E-state index contributed by atoms with van der Waals surface area (Å²) in [5.74, 6) is -0.386. The maximum absolute atomic E-state index is 13.4. The number of hydrogen-bond donors (Lipinski definition) is 1. The fraction of sp³-hybridized carbons (Fsp3) is 0.480. The van der Waals surface area contributed by atoms with E-state index in [9.17, 15) is 14.4 Å². The summed E-state index contributed by atoms with van der Waals surface area (Å²) in [5.41, 5.74) is 0.369. The molecule has 0 amide bonds. The maximum atomic E-state index is 13.4. The predicted octanol–water partition coefficient (Wildman–Crippen LogP) is 3.97. The van der Waals surface area contributed by atoms with Crippen LogP contribution in [0.2, 0.25) is 0 Å². The lowest BCUT2D eigenvalue weighted by atomic mass is 9.78. The molecule has 1 N–H and O–H groups in total. The van der Waals surface area contributed by atoms with Crippen molar-refractivity contribution < 1.29 is 19.4 Å². The van der Waals surface area contributed by atoms with Crippen LogP contribution in [0, 0.1) is 11.8 Å². The van der Waals surface area contributed by atoms with Gasteiger partial charge in [0, 0.05) is 36.3 Å². The Hall–Kier alpha value is -3.29. The van der Waals surface area contributed by atoms with E-state index in [0.717, 1.165) is 25.7 Å². The Kier molecular flexibility index (Phi) is 7.01. The lowest BCUT2D eigenvalue weighted by Crippen LogP contribution is -2.30. The highest BCUT2D eigenvalue weighted by Gasteiger charge is 2.28. The second kappa shape index (κ2) is 10.1. The minimum absolute atomic E-state index is 0.00541. The van der Waals surface area contributed by atoms with E-state index < -0.39 is 5.97 Å². The molecule has 1 aliphatic carbocycles. The molecule has 0 bridgehead atoms. The zero-order valence-electron chi connectivity index (χ0n) is 18.8. The molecule has 8 nitrogen and oxygen atoms in total. The third kappa shape index (κ3) is 4.89. The number of aliphatic carboxylic acids is 1. The first-order valence-electron chi connectivity index (χ1n) is 11.6. The monoisotopic (exact) mass is 451 g/mol. The smallest absolute Gasteiger partial charge is 0.303 e. The zero-order valence-corrected chi connectivity index (χ0v) is 18.8. The van der Waals surface area contributed by atoms with Crippen LogP contribution in [0.5, 0.6) is 5.88 Å². The molecular formula is C25H29N3O5. The van der Waals surface area contributed by atoms with Crippen LogP contribution in [0.1, 0.15) is 51.9 Å². The normalized spacial score (nSPS) is 18.5. The maximum Gasteiger partial charge on any atom is 0.303 e. The number of carbonyl (C=O) groups excluding carboxylic acids is 1. The van der Waals surface area contributed by atoms with Gasteiger partial charge < -0.3 is 14.4 Å². The summed E-state index contributed by atoms with van der Waals surface area (Å²) in [6.07, 6.45) is 9.60. The highest BCUT2D eigenvalue weighted by atomic mass is 16.5. The molecule has 0 spiro atoms. The summed E-state index contributed by atoms with van der Waals surface area (Å²) in [6, 6.07) is 3.41. The van der Waals surface area contributed by atoms with Gasteiger partial charge in [-0.05, 0) is 50.2 Å². The van der Waals surface area contributed by atoms with E-state index in [1.807, 2.05) is 0 Å². The van der Waals surface area contributed by atoms with Crippen molar-refractivity contribution in [3.8, 4) is 5.88 Å². The lowest BCUT2D eigenvalue weighted by Gasteiger charge is -2.27. The van der Waals surface area contributed by atoms with Crippen LogP contribution in [0.3, 0.4) is 0 Å². The molecule has 1 saturated carbocycles.